The molecule has 6 heteroatoms. The number of nitrogens with zero attached hydrogens (tertiary/aromatic N) is 1. The van der Waals surface area contributed by atoms with Crippen LogP contribution in [0.1, 0.15) is 5.56 Å². The van der Waals surface area contributed by atoms with Crippen molar-refractivity contribution >= 4 is 34.8 Å². The summed E-state index contributed by atoms with van der Waals surface area (Å²) in [5.74, 6) is 1.15. The van der Waals surface area contributed by atoms with Gasteiger partial charge in [-0.2, -0.15) is 0 Å². The van der Waals surface area contributed by atoms with E-state index in [1.165, 1.54) is 0 Å². The Morgan fingerprint density at radius 2 is 1.77 bits per heavy atom. The molecule has 0 aliphatic heterocycles. The van der Waals surface area contributed by atoms with Crippen LogP contribution in [0.25, 0.3) is 0 Å². The number of methoxy groups -OCH3 is 1. The predicted octanol–water partition coefficient (Wildman–Crippen LogP) is 3.97. The molecule has 0 atom stereocenters. The van der Waals surface area contributed by atoms with E-state index >= 15 is 0 Å². The molecule has 0 unspecified atom stereocenters. The smallest absolute Gasteiger partial charge is 0.193 e. The summed E-state index contributed by atoms with van der Waals surface area (Å²) in [5.41, 5.74) is 7.74. The minimum atomic E-state index is 0.360. The maximum Gasteiger partial charge on any atom is 0.193 e. The molecule has 0 aliphatic carbocycles. The van der Waals surface area contributed by atoms with Crippen molar-refractivity contribution < 1.29 is 4.74 Å². The minimum absolute atomic E-state index is 0.360. The molecule has 0 saturated heterocycles. The Morgan fingerprint density at radius 1 is 1.14 bits per heavy atom. The van der Waals surface area contributed by atoms with Crippen molar-refractivity contribution in [1.82, 2.24) is 0 Å². The third-order valence-electron chi connectivity index (χ3n) is 2.97. The molecule has 0 radical (unpaired) electrons. The first-order valence-electron chi connectivity index (χ1n) is 6.73. The minimum Gasteiger partial charge on any atom is -0.497 e. The average Bonchev–Trinajstić information content (AvgIpc) is 2.47. The second-order valence-corrected chi connectivity index (χ2v) is 5.52. The topological polar surface area (TPSA) is 59.6 Å². The monoisotopic (exact) mass is 337 g/mol. The zero-order valence-electron chi connectivity index (χ0n) is 12.1. The van der Waals surface area contributed by atoms with Crippen LogP contribution in [0.3, 0.4) is 0 Å². The van der Waals surface area contributed by atoms with Crippen LogP contribution in [0, 0.1) is 0 Å². The number of hydrogen-bond acceptors (Lipinski definition) is 2. The van der Waals surface area contributed by atoms with Crippen LogP contribution in [-0.4, -0.2) is 19.6 Å². The van der Waals surface area contributed by atoms with Crippen LogP contribution >= 0.6 is 23.2 Å². The highest BCUT2D eigenvalue weighted by molar-refractivity contribution is 6.34. The molecule has 3 N–H and O–H groups in total. The van der Waals surface area contributed by atoms with E-state index in [1.54, 1.807) is 13.2 Å². The summed E-state index contributed by atoms with van der Waals surface area (Å²) in [4.78, 5) is 4.28. The zero-order chi connectivity index (χ0) is 15.9. The van der Waals surface area contributed by atoms with Gasteiger partial charge in [-0.15, -0.1) is 0 Å². The number of halogens is 2. The van der Waals surface area contributed by atoms with Crippen molar-refractivity contribution in [3.8, 4) is 5.75 Å². The first-order valence-corrected chi connectivity index (χ1v) is 7.48. The number of nitrogens with one attached hydrogen (secondary N) is 1. The van der Waals surface area contributed by atoms with E-state index in [1.807, 2.05) is 36.4 Å². The number of guanidine groups is 1. The van der Waals surface area contributed by atoms with E-state index in [9.17, 15) is 0 Å². The van der Waals surface area contributed by atoms with Gasteiger partial charge in [-0.3, -0.25) is 4.99 Å². The number of aliphatic imine (C=N–C) groups is 1. The second-order valence-electron chi connectivity index (χ2n) is 4.65. The summed E-state index contributed by atoms with van der Waals surface area (Å²) in [5, 5.41) is 4.26. The Bertz CT molecular complexity index is 637. The van der Waals surface area contributed by atoms with E-state index in [0.717, 1.165) is 17.0 Å². The molecule has 2 rings (SSSR count). The maximum absolute atomic E-state index is 5.96. The summed E-state index contributed by atoms with van der Waals surface area (Å²) < 4.78 is 5.10. The van der Waals surface area contributed by atoms with Gasteiger partial charge in [-0.05, 0) is 54.4 Å². The molecule has 0 heterocycles. The van der Waals surface area contributed by atoms with Gasteiger partial charge in [-0.25, -0.2) is 0 Å². The van der Waals surface area contributed by atoms with Crippen molar-refractivity contribution in [2.75, 3.05) is 19.0 Å². The molecule has 0 saturated carbocycles. The lowest BCUT2D eigenvalue weighted by atomic mass is 10.1. The Morgan fingerprint density at radius 3 is 2.36 bits per heavy atom. The summed E-state index contributed by atoms with van der Waals surface area (Å²) in [6.45, 7) is 0.547. The number of rotatable bonds is 5. The van der Waals surface area contributed by atoms with Crippen molar-refractivity contribution in [2.24, 2.45) is 10.7 Å². The van der Waals surface area contributed by atoms with Gasteiger partial charge in [0.05, 0.1) is 7.11 Å². The van der Waals surface area contributed by atoms with Crippen LogP contribution in [0.5, 0.6) is 5.75 Å². The fourth-order valence-corrected chi connectivity index (χ4v) is 2.49. The number of hydrogen-bond donors (Lipinski definition) is 2. The van der Waals surface area contributed by atoms with Crippen molar-refractivity contribution in [1.29, 1.82) is 0 Å². The third-order valence-corrected chi connectivity index (χ3v) is 3.40. The van der Waals surface area contributed by atoms with Gasteiger partial charge in [0, 0.05) is 22.3 Å². The highest BCUT2D eigenvalue weighted by atomic mass is 35.5. The predicted molar refractivity (Wildman–Crippen MR) is 93.3 cm³/mol. The van der Waals surface area contributed by atoms with E-state index in [-0.39, 0.29) is 0 Å². The lowest BCUT2D eigenvalue weighted by Crippen LogP contribution is -2.23. The molecule has 0 spiro atoms. The molecule has 4 nitrogen and oxygen atoms in total. The SMILES string of the molecule is COc1ccc(NC(N)=NCCc2cc(Cl)cc(Cl)c2)cc1. The summed E-state index contributed by atoms with van der Waals surface area (Å²) in [7, 11) is 1.63. The van der Waals surface area contributed by atoms with E-state index in [2.05, 4.69) is 10.3 Å². The van der Waals surface area contributed by atoms with Crippen LogP contribution < -0.4 is 15.8 Å². The molecule has 0 bridgehead atoms. The van der Waals surface area contributed by atoms with E-state index in [0.29, 0.717) is 29.0 Å². The van der Waals surface area contributed by atoms with Crippen LogP contribution in [0.2, 0.25) is 10.0 Å². The third kappa shape index (κ3) is 5.13. The lowest BCUT2D eigenvalue weighted by Gasteiger charge is -2.07. The number of nitrogens with two attached hydrogens (primary N) is 1. The molecule has 0 aliphatic rings. The molecular weight excluding hydrogens is 321 g/mol. The Labute approximate surface area is 139 Å². The molecule has 116 valence electrons. The van der Waals surface area contributed by atoms with E-state index < -0.39 is 0 Å². The van der Waals surface area contributed by atoms with Gasteiger partial charge in [0.2, 0.25) is 0 Å². The number of ether oxygens (including phenoxy) is 1. The second kappa shape index (κ2) is 7.92. The Kier molecular flexibility index (Phi) is 5.92. The summed E-state index contributed by atoms with van der Waals surface area (Å²) in [6.07, 6.45) is 0.714. The van der Waals surface area contributed by atoms with Crippen molar-refractivity contribution in [2.45, 2.75) is 6.42 Å². The highest BCUT2D eigenvalue weighted by Crippen LogP contribution is 2.19. The molecular formula is C16H17Cl2N3O. The van der Waals surface area contributed by atoms with Gasteiger partial charge in [0.25, 0.3) is 0 Å². The van der Waals surface area contributed by atoms with E-state index in [4.69, 9.17) is 33.7 Å². The Balaban J connectivity index is 1.89. The largest absolute Gasteiger partial charge is 0.497 e. The van der Waals surface area contributed by atoms with Crippen LogP contribution in [-0.2, 0) is 6.42 Å². The quantitative estimate of drug-likeness (QED) is 0.641. The van der Waals surface area contributed by atoms with Crippen LogP contribution in [0.4, 0.5) is 5.69 Å². The lowest BCUT2D eigenvalue weighted by molar-refractivity contribution is 0.415. The molecule has 2 aromatic rings. The maximum atomic E-state index is 5.96. The molecule has 0 amide bonds. The summed E-state index contributed by atoms with van der Waals surface area (Å²) >= 11 is 11.9. The first-order chi connectivity index (χ1) is 10.6. The number of anilines is 1. The Hall–Kier alpha value is -1.91. The number of benzene rings is 2. The van der Waals surface area contributed by atoms with Gasteiger partial charge in [0.15, 0.2) is 5.96 Å². The fraction of sp³-hybridized carbons (Fsp3) is 0.188. The van der Waals surface area contributed by atoms with Gasteiger partial charge < -0.3 is 15.8 Å². The first kappa shape index (κ1) is 16.5. The molecule has 0 fully saturated rings. The summed E-state index contributed by atoms with van der Waals surface area (Å²) in [6, 6.07) is 12.9. The van der Waals surface area contributed by atoms with Crippen molar-refractivity contribution in [3.63, 3.8) is 0 Å². The van der Waals surface area contributed by atoms with Gasteiger partial charge in [-0.1, -0.05) is 23.2 Å². The highest BCUT2D eigenvalue weighted by Gasteiger charge is 1.99. The van der Waals surface area contributed by atoms with Crippen LogP contribution in [0.15, 0.2) is 47.5 Å². The molecule has 2 aromatic carbocycles. The normalized spacial score (nSPS) is 11.3. The molecule has 0 aromatic heterocycles. The van der Waals surface area contributed by atoms with Gasteiger partial charge in [0.1, 0.15) is 5.75 Å². The zero-order valence-corrected chi connectivity index (χ0v) is 13.7. The average molecular weight is 338 g/mol. The molecule has 22 heavy (non-hydrogen) atoms. The fourth-order valence-electron chi connectivity index (χ4n) is 1.92. The van der Waals surface area contributed by atoms with Crippen molar-refractivity contribution in [3.05, 3.63) is 58.1 Å². The van der Waals surface area contributed by atoms with Gasteiger partial charge >= 0.3 is 0 Å². The standard InChI is InChI=1S/C16H17Cl2N3O/c1-22-15-4-2-14(3-5-15)21-16(19)20-7-6-11-8-12(17)10-13(18)9-11/h2-5,8-10H,6-7H2,1H3,(H3,19,20,21).